The summed E-state index contributed by atoms with van der Waals surface area (Å²) < 4.78 is 0. The predicted molar refractivity (Wildman–Crippen MR) is 121 cm³/mol. The van der Waals surface area contributed by atoms with Crippen LogP contribution < -0.4 is 10.2 Å². The van der Waals surface area contributed by atoms with Crippen molar-refractivity contribution in [2.24, 2.45) is 0 Å². The summed E-state index contributed by atoms with van der Waals surface area (Å²) in [7, 11) is 0. The van der Waals surface area contributed by atoms with Crippen LogP contribution in [0.4, 0.5) is 5.69 Å². The lowest BCUT2D eigenvalue weighted by atomic mass is 10.0. The lowest BCUT2D eigenvalue weighted by Gasteiger charge is -2.34. The number of halogens is 1. The minimum atomic E-state index is -0.0601. The summed E-state index contributed by atoms with van der Waals surface area (Å²) in [5.74, 6) is -0.0601. The number of amides is 1. The van der Waals surface area contributed by atoms with Crippen LogP contribution in [0.15, 0.2) is 48.5 Å². The van der Waals surface area contributed by atoms with Crippen LogP contribution >= 0.6 is 22.9 Å². The van der Waals surface area contributed by atoms with Gasteiger partial charge in [0.05, 0.1) is 17.3 Å². The summed E-state index contributed by atoms with van der Waals surface area (Å²) in [6.45, 7) is 3.60. The molecule has 1 aliphatic rings. The first kappa shape index (κ1) is 20.4. The van der Waals surface area contributed by atoms with Gasteiger partial charge in [-0.15, -0.1) is 11.3 Å². The molecule has 0 bridgehead atoms. The Labute approximate surface area is 184 Å². The van der Waals surface area contributed by atoms with Crippen LogP contribution in [0.25, 0.3) is 10.6 Å². The fraction of sp³-hybridized carbons (Fsp3) is 0.261. The van der Waals surface area contributed by atoms with Gasteiger partial charge in [-0.2, -0.15) is 5.26 Å². The van der Waals surface area contributed by atoms with Crippen molar-refractivity contribution in [3.63, 3.8) is 0 Å². The Balaban J connectivity index is 1.37. The first-order chi connectivity index (χ1) is 14.5. The number of carbonyl (C=O) groups is 1. The van der Waals surface area contributed by atoms with Crippen LogP contribution in [-0.2, 0) is 0 Å². The number of aromatic nitrogens is 1. The van der Waals surface area contributed by atoms with Crippen LogP contribution in [0, 0.1) is 18.3 Å². The minimum Gasteiger partial charge on any atom is -0.371 e. The van der Waals surface area contributed by atoms with E-state index in [0.717, 1.165) is 47.9 Å². The van der Waals surface area contributed by atoms with E-state index in [1.807, 2.05) is 55.5 Å². The highest BCUT2D eigenvalue weighted by Gasteiger charge is 2.23. The Morgan fingerprint density at radius 1 is 1.23 bits per heavy atom. The highest BCUT2D eigenvalue weighted by atomic mass is 35.5. The third-order valence-electron chi connectivity index (χ3n) is 5.27. The molecule has 7 heteroatoms. The summed E-state index contributed by atoms with van der Waals surface area (Å²) in [5.41, 5.74) is 3.44. The van der Waals surface area contributed by atoms with Crippen molar-refractivity contribution in [3.8, 4) is 16.6 Å². The van der Waals surface area contributed by atoms with Crippen LogP contribution in [0.3, 0.4) is 0 Å². The van der Waals surface area contributed by atoms with E-state index in [2.05, 4.69) is 21.3 Å². The Bertz CT molecular complexity index is 1100. The normalized spacial score (nSPS) is 14.4. The lowest BCUT2D eigenvalue weighted by Crippen LogP contribution is -2.44. The van der Waals surface area contributed by atoms with Crippen molar-refractivity contribution in [1.29, 1.82) is 5.26 Å². The van der Waals surface area contributed by atoms with E-state index in [0.29, 0.717) is 15.5 Å². The van der Waals surface area contributed by atoms with Crippen LogP contribution in [-0.4, -0.2) is 30.0 Å². The van der Waals surface area contributed by atoms with Gasteiger partial charge in [0.25, 0.3) is 5.91 Å². The van der Waals surface area contributed by atoms with Crippen molar-refractivity contribution in [1.82, 2.24) is 10.3 Å². The molecule has 0 atom stereocenters. The molecule has 5 nitrogen and oxygen atoms in total. The first-order valence-corrected chi connectivity index (χ1v) is 11.0. The SMILES string of the molecule is Cc1nc(-c2cccc(Cl)c2)sc1C(=O)NC1CCN(c2ccc(C#N)cc2)CC1. The topological polar surface area (TPSA) is 69.0 Å². The average molecular weight is 437 g/mol. The zero-order valence-corrected chi connectivity index (χ0v) is 18.1. The zero-order valence-electron chi connectivity index (χ0n) is 16.6. The number of thiazole rings is 1. The molecule has 2 aromatic carbocycles. The zero-order chi connectivity index (χ0) is 21.1. The molecule has 0 radical (unpaired) electrons. The number of anilines is 1. The first-order valence-electron chi connectivity index (χ1n) is 9.83. The standard InChI is InChI=1S/C23H21ClN4OS/c1-15-21(30-23(26-15)17-3-2-4-18(24)13-17)22(29)27-19-9-11-28(12-10-19)20-7-5-16(14-25)6-8-20/h2-8,13,19H,9-12H2,1H3,(H,27,29). The third kappa shape index (κ3) is 4.48. The maximum atomic E-state index is 12.9. The quantitative estimate of drug-likeness (QED) is 0.621. The van der Waals surface area contributed by atoms with E-state index in [-0.39, 0.29) is 11.9 Å². The Morgan fingerprint density at radius 2 is 1.97 bits per heavy atom. The Kier molecular flexibility index (Phi) is 6.03. The number of nitrogens with zero attached hydrogens (tertiary/aromatic N) is 3. The number of rotatable bonds is 4. The number of aryl methyl sites for hydroxylation is 1. The van der Waals surface area contributed by atoms with E-state index in [1.165, 1.54) is 11.3 Å². The van der Waals surface area contributed by atoms with Gasteiger partial charge in [0.2, 0.25) is 0 Å². The summed E-state index contributed by atoms with van der Waals surface area (Å²) in [6.07, 6.45) is 1.76. The van der Waals surface area contributed by atoms with Crippen LogP contribution in [0.5, 0.6) is 0 Å². The largest absolute Gasteiger partial charge is 0.371 e. The minimum absolute atomic E-state index is 0.0601. The molecule has 2 heterocycles. The summed E-state index contributed by atoms with van der Waals surface area (Å²) in [5, 5.41) is 13.6. The molecule has 0 aliphatic carbocycles. The van der Waals surface area contributed by atoms with Crippen molar-refractivity contribution in [3.05, 3.63) is 69.7 Å². The number of benzene rings is 2. The molecule has 3 aromatic rings. The fourth-order valence-electron chi connectivity index (χ4n) is 3.63. The average Bonchev–Trinajstić information content (AvgIpc) is 3.16. The van der Waals surface area contributed by atoms with Gasteiger partial charge in [-0.1, -0.05) is 23.7 Å². The number of nitrogens with one attached hydrogen (secondary N) is 1. The van der Waals surface area contributed by atoms with E-state index < -0.39 is 0 Å². The lowest BCUT2D eigenvalue weighted by molar-refractivity contribution is 0.0934. The number of nitriles is 1. The van der Waals surface area contributed by atoms with E-state index in [9.17, 15) is 4.79 Å². The molecule has 1 amide bonds. The second-order valence-electron chi connectivity index (χ2n) is 7.34. The monoisotopic (exact) mass is 436 g/mol. The molecule has 30 heavy (non-hydrogen) atoms. The van der Waals surface area contributed by atoms with Gasteiger partial charge >= 0.3 is 0 Å². The van der Waals surface area contributed by atoms with Crippen LogP contribution in [0.2, 0.25) is 5.02 Å². The van der Waals surface area contributed by atoms with E-state index in [4.69, 9.17) is 16.9 Å². The van der Waals surface area contributed by atoms with Gasteiger partial charge in [-0.05, 0) is 56.2 Å². The number of carbonyl (C=O) groups excluding carboxylic acids is 1. The number of hydrogen-bond donors (Lipinski definition) is 1. The van der Waals surface area contributed by atoms with Gasteiger partial charge in [-0.25, -0.2) is 4.98 Å². The van der Waals surface area contributed by atoms with Gasteiger partial charge < -0.3 is 10.2 Å². The van der Waals surface area contributed by atoms with Gasteiger partial charge in [-0.3, -0.25) is 4.79 Å². The van der Waals surface area contributed by atoms with Gasteiger partial charge in [0, 0.05) is 35.4 Å². The molecule has 1 saturated heterocycles. The molecule has 0 saturated carbocycles. The highest BCUT2D eigenvalue weighted by molar-refractivity contribution is 7.17. The molecular formula is C23H21ClN4OS. The molecular weight excluding hydrogens is 416 g/mol. The smallest absolute Gasteiger partial charge is 0.263 e. The molecule has 0 unspecified atom stereocenters. The van der Waals surface area contributed by atoms with Crippen molar-refractivity contribution in [2.75, 3.05) is 18.0 Å². The van der Waals surface area contributed by atoms with Crippen molar-refractivity contribution < 1.29 is 4.79 Å². The van der Waals surface area contributed by atoms with E-state index in [1.54, 1.807) is 0 Å². The summed E-state index contributed by atoms with van der Waals surface area (Å²) in [4.78, 5) is 20.4. The number of piperidine rings is 1. The molecule has 1 aliphatic heterocycles. The highest BCUT2D eigenvalue weighted by Crippen LogP contribution is 2.30. The molecule has 4 rings (SSSR count). The van der Waals surface area contributed by atoms with Crippen molar-refractivity contribution >= 4 is 34.5 Å². The van der Waals surface area contributed by atoms with Crippen LogP contribution in [0.1, 0.15) is 33.8 Å². The summed E-state index contributed by atoms with van der Waals surface area (Å²) >= 11 is 7.48. The fourth-order valence-corrected chi connectivity index (χ4v) is 4.79. The summed E-state index contributed by atoms with van der Waals surface area (Å²) in [6, 6.07) is 17.4. The van der Waals surface area contributed by atoms with E-state index >= 15 is 0 Å². The Hall–Kier alpha value is -2.88. The maximum absolute atomic E-state index is 12.9. The number of hydrogen-bond acceptors (Lipinski definition) is 5. The molecule has 1 aromatic heterocycles. The molecule has 152 valence electrons. The van der Waals surface area contributed by atoms with Gasteiger partial charge in [0.15, 0.2) is 0 Å². The second kappa shape index (κ2) is 8.86. The molecule has 1 fully saturated rings. The van der Waals surface area contributed by atoms with Gasteiger partial charge in [0.1, 0.15) is 9.88 Å². The predicted octanol–water partition coefficient (Wildman–Crippen LogP) is 5.04. The third-order valence-corrected chi connectivity index (χ3v) is 6.71. The second-order valence-corrected chi connectivity index (χ2v) is 8.77. The Morgan fingerprint density at radius 3 is 2.63 bits per heavy atom. The maximum Gasteiger partial charge on any atom is 0.263 e. The molecule has 0 spiro atoms. The molecule has 1 N–H and O–H groups in total. The van der Waals surface area contributed by atoms with Crippen molar-refractivity contribution in [2.45, 2.75) is 25.8 Å².